The summed E-state index contributed by atoms with van der Waals surface area (Å²) in [6.07, 6.45) is 0. The summed E-state index contributed by atoms with van der Waals surface area (Å²) in [6, 6.07) is 2.64. The number of nitrogens with one attached hydrogen (secondary N) is 1. The molecular weight excluding hydrogens is 267 g/mol. The van der Waals surface area contributed by atoms with Crippen LogP contribution in [0.5, 0.6) is 11.5 Å². The fourth-order valence-corrected chi connectivity index (χ4v) is 1.99. The molecule has 0 aliphatic heterocycles. The molecule has 0 saturated heterocycles. The Balaban J connectivity index is 2.68. The molecule has 0 bridgehead atoms. The predicted octanol–water partition coefficient (Wildman–Crippen LogP) is 2.24. The van der Waals surface area contributed by atoms with Crippen LogP contribution in [0.3, 0.4) is 0 Å². The molecule has 7 heteroatoms. The number of ether oxygens (including phenoxy) is 2. The van der Waals surface area contributed by atoms with E-state index < -0.39 is 11.8 Å². The highest BCUT2D eigenvalue weighted by Crippen LogP contribution is 2.41. The van der Waals surface area contributed by atoms with Crippen molar-refractivity contribution in [3.8, 4) is 22.8 Å². The quantitative estimate of drug-likeness (QED) is 0.897. The number of carbonyl (C=O) groups is 1. The van der Waals surface area contributed by atoms with Gasteiger partial charge in [-0.15, -0.1) is 0 Å². The SMILES string of the molecule is COc1c(F)cc(C)c(-c2cc(C(=O)O)[nH]n2)c1OC. The van der Waals surface area contributed by atoms with Gasteiger partial charge in [-0.2, -0.15) is 5.10 Å². The van der Waals surface area contributed by atoms with Crippen molar-refractivity contribution in [2.45, 2.75) is 6.92 Å². The number of carboxylic acid groups (broad SMARTS) is 1. The molecule has 6 nitrogen and oxygen atoms in total. The van der Waals surface area contributed by atoms with Crippen LogP contribution >= 0.6 is 0 Å². The number of hydrogen-bond acceptors (Lipinski definition) is 4. The maximum Gasteiger partial charge on any atom is 0.353 e. The first-order valence-corrected chi connectivity index (χ1v) is 5.69. The number of aromatic amines is 1. The third kappa shape index (κ3) is 2.18. The van der Waals surface area contributed by atoms with E-state index in [0.717, 1.165) is 0 Å². The summed E-state index contributed by atoms with van der Waals surface area (Å²) in [5.41, 5.74) is 1.32. The zero-order chi connectivity index (χ0) is 14.9. The van der Waals surface area contributed by atoms with Gasteiger partial charge in [0.1, 0.15) is 5.69 Å². The Hall–Kier alpha value is -2.57. The lowest BCUT2D eigenvalue weighted by atomic mass is 10.0. The molecule has 1 aromatic heterocycles. The Morgan fingerprint density at radius 1 is 1.30 bits per heavy atom. The van der Waals surface area contributed by atoms with Crippen LogP contribution in [0, 0.1) is 12.7 Å². The Morgan fingerprint density at radius 3 is 2.45 bits per heavy atom. The van der Waals surface area contributed by atoms with E-state index >= 15 is 0 Å². The van der Waals surface area contributed by atoms with Crippen LogP contribution in [0.25, 0.3) is 11.3 Å². The number of hydrogen-bond donors (Lipinski definition) is 2. The molecule has 20 heavy (non-hydrogen) atoms. The van der Waals surface area contributed by atoms with Crippen LogP contribution in [0.15, 0.2) is 12.1 Å². The molecule has 2 aromatic rings. The summed E-state index contributed by atoms with van der Waals surface area (Å²) in [5.74, 6) is -1.56. The van der Waals surface area contributed by atoms with Gasteiger partial charge in [0.25, 0.3) is 0 Å². The van der Waals surface area contributed by atoms with E-state index in [0.29, 0.717) is 16.8 Å². The molecule has 0 amide bonds. The number of H-pyrrole nitrogens is 1. The molecule has 0 unspecified atom stereocenters. The summed E-state index contributed by atoms with van der Waals surface area (Å²) in [7, 11) is 2.71. The van der Waals surface area contributed by atoms with Crippen LogP contribution in [-0.4, -0.2) is 35.5 Å². The first-order valence-electron chi connectivity index (χ1n) is 5.69. The standard InChI is InChI=1S/C13H13FN2O4/c1-6-4-7(14)11(19-2)12(20-3)10(6)8-5-9(13(17)18)16-15-8/h4-5H,1-3H3,(H,15,16)(H,17,18). The van der Waals surface area contributed by atoms with Crippen LogP contribution < -0.4 is 9.47 Å². The smallest absolute Gasteiger partial charge is 0.353 e. The fraction of sp³-hybridized carbons (Fsp3) is 0.231. The average Bonchev–Trinajstić information content (AvgIpc) is 2.87. The van der Waals surface area contributed by atoms with Crippen LogP contribution in [0.4, 0.5) is 4.39 Å². The number of aryl methyl sites for hydroxylation is 1. The maximum absolute atomic E-state index is 13.8. The summed E-state index contributed by atoms with van der Waals surface area (Å²) in [6.45, 7) is 1.68. The van der Waals surface area contributed by atoms with Crippen LogP contribution in [0.1, 0.15) is 16.1 Å². The normalized spacial score (nSPS) is 10.4. The zero-order valence-corrected chi connectivity index (χ0v) is 11.2. The van der Waals surface area contributed by atoms with E-state index in [1.165, 1.54) is 26.4 Å². The second-order valence-electron chi connectivity index (χ2n) is 4.09. The van der Waals surface area contributed by atoms with Crippen molar-refractivity contribution in [2.75, 3.05) is 14.2 Å². The van der Waals surface area contributed by atoms with Gasteiger partial charge in [0, 0.05) is 0 Å². The number of rotatable bonds is 4. The van der Waals surface area contributed by atoms with Gasteiger partial charge in [-0.3, -0.25) is 5.10 Å². The van der Waals surface area contributed by atoms with Gasteiger partial charge in [0.15, 0.2) is 17.3 Å². The molecule has 0 saturated carbocycles. The molecule has 0 spiro atoms. The molecule has 106 valence electrons. The van der Waals surface area contributed by atoms with Gasteiger partial charge in [-0.1, -0.05) is 0 Å². The summed E-state index contributed by atoms with van der Waals surface area (Å²) < 4.78 is 24.0. The van der Waals surface area contributed by atoms with Crippen molar-refractivity contribution in [1.82, 2.24) is 10.2 Å². The highest BCUT2D eigenvalue weighted by atomic mass is 19.1. The van der Waals surface area contributed by atoms with Crippen LogP contribution in [0.2, 0.25) is 0 Å². The molecular formula is C13H13FN2O4. The number of benzene rings is 1. The predicted molar refractivity (Wildman–Crippen MR) is 68.8 cm³/mol. The lowest BCUT2D eigenvalue weighted by molar-refractivity contribution is 0.0690. The third-order valence-corrected chi connectivity index (χ3v) is 2.86. The Bertz CT molecular complexity index is 667. The minimum absolute atomic E-state index is 0.0482. The maximum atomic E-state index is 13.8. The van der Waals surface area contributed by atoms with E-state index in [1.807, 2.05) is 0 Å². The van der Waals surface area contributed by atoms with E-state index in [9.17, 15) is 9.18 Å². The fourth-order valence-electron chi connectivity index (χ4n) is 1.99. The van der Waals surface area contributed by atoms with E-state index in [1.54, 1.807) is 6.92 Å². The number of aromatic carboxylic acids is 1. The Morgan fingerprint density at radius 2 is 1.95 bits per heavy atom. The van der Waals surface area contributed by atoms with E-state index in [2.05, 4.69) is 10.2 Å². The molecule has 0 aliphatic rings. The van der Waals surface area contributed by atoms with E-state index in [-0.39, 0.29) is 17.2 Å². The van der Waals surface area contributed by atoms with Gasteiger partial charge >= 0.3 is 5.97 Å². The molecule has 2 N–H and O–H groups in total. The molecule has 0 atom stereocenters. The minimum atomic E-state index is -1.13. The number of methoxy groups -OCH3 is 2. The largest absolute Gasteiger partial charge is 0.492 e. The zero-order valence-electron chi connectivity index (χ0n) is 11.2. The van der Waals surface area contributed by atoms with Crippen molar-refractivity contribution in [1.29, 1.82) is 0 Å². The van der Waals surface area contributed by atoms with Crippen molar-refractivity contribution in [3.05, 3.63) is 29.2 Å². The van der Waals surface area contributed by atoms with Gasteiger partial charge in [-0.05, 0) is 24.6 Å². The van der Waals surface area contributed by atoms with Gasteiger partial charge in [0.05, 0.1) is 25.5 Å². The average molecular weight is 280 g/mol. The lowest BCUT2D eigenvalue weighted by Gasteiger charge is -2.14. The molecule has 1 aromatic carbocycles. The number of nitrogens with zero attached hydrogens (tertiary/aromatic N) is 1. The van der Waals surface area contributed by atoms with E-state index in [4.69, 9.17) is 14.6 Å². The number of halogens is 1. The van der Waals surface area contributed by atoms with Gasteiger partial charge in [-0.25, -0.2) is 9.18 Å². The third-order valence-electron chi connectivity index (χ3n) is 2.86. The number of carboxylic acids is 1. The summed E-state index contributed by atoms with van der Waals surface area (Å²) in [4.78, 5) is 10.9. The summed E-state index contributed by atoms with van der Waals surface area (Å²) >= 11 is 0. The van der Waals surface area contributed by atoms with Crippen LogP contribution in [-0.2, 0) is 0 Å². The monoisotopic (exact) mass is 280 g/mol. The Labute approximate surface area is 114 Å². The topological polar surface area (TPSA) is 84.4 Å². The van der Waals surface area contributed by atoms with Crippen molar-refractivity contribution in [2.24, 2.45) is 0 Å². The highest BCUT2D eigenvalue weighted by molar-refractivity contribution is 5.88. The second-order valence-corrected chi connectivity index (χ2v) is 4.09. The molecule has 0 aliphatic carbocycles. The van der Waals surface area contributed by atoms with Crippen molar-refractivity contribution in [3.63, 3.8) is 0 Å². The second kappa shape index (κ2) is 5.20. The molecule has 2 rings (SSSR count). The van der Waals surface area contributed by atoms with Gasteiger partial charge in [0.2, 0.25) is 0 Å². The number of aromatic nitrogens is 2. The van der Waals surface area contributed by atoms with Crippen molar-refractivity contribution < 1.29 is 23.8 Å². The Kier molecular flexibility index (Phi) is 3.60. The lowest BCUT2D eigenvalue weighted by Crippen LogP contribution is -1.99. The van der Waals surface area contributed by atoms with Crippen molar-refractivity contribution >= 4 is 5.97 Å². The van der Waals surface area contributed by atoms with Gasteiger partial charge < -0.3 is 14.6 Å². The molecule has 0 radical (unpaired) electrons. The molecule has 0 fully saturated rings. The minimum Gasteiger partial charge on any atom is -0.492 e. The first kappa shape index (κ1) is 13.9. The molecule has 1 heterocycles. The highest BCUT2D eigenvalue weighted by Gasteiger charge is 2.22. The summed E-state index contributed by atoms with van der Waals surface area (Å²) in [5, 5.41) is 15.2. The first-order chi connectivity index (χ1) is 9.49.